The molecule has 0 saturated carbocycles. The lowest BCUT2D eigenvalue weighted by atomic mass is 10.0. The first-order valence-corrected chi connectivity index (χ1v) is 6.26. The van der Waals surface area contributed by atoms with Gasteiger partial charge in [0, 0.05) is 35.3 Å². The minimum Gasteiger partial charge on any atom is -0.310 e. The second-order valence-electron chi connectivity index (χ2n) is 5.28. The summed E-state index contributed by atoms with van der Waals surface area (Å²) in [4.78, 5) is 0. The Morgan fingerprint density at radius 1 is 1.53 bits per heavy atom. The molecule has 2 rings (SSSR count). The highest BCUT2D eigenvalue weighted by atomic mass is 35.5. The van der Waals surface area contributed by atoms with Gasteiger partial charge < -0.3 is 10.6 Å². The second kappa shape index (κ2) is 4.92. The van der Waals surface area contributed by atoms with Crippen molar-refractivity contribution in [1.29, 1.82) is 0 Å². The molecule has 0 aliphatic carbocycles. The first kappa shape index (κ1) is 12.8. The van der Waals surface area contributed by atoms with Gasteiger partial charge in [-0.1, -0.05) is 11.6 Å². The van der Waals surface area contributed by atoms with Crippen LogP contribution in [0.1, 0.15) is 25.8 Å². The van der Waals surface area contributed by atoms with Crippen molar-refractivity contribution in [2.45, 2.75) is 38.4 Å². The van der Waals surface area contributed by atoms with Crippen molar-refractivity contribution >= 4 is 11.6 Å². The lowest BCUT2D eigenvalue weighted by molar-refractivity contribution is 0.440. The zero-order valence-electron chi connectivity index (χ0n) is 10.2. The van der Waals surface area contributed by atoms with Gasteiger partial charge in [-0.25, -0.2) is 4.39 Å². The molecule has 94 valence electrons. The second-order valence-corrected chi connectivity index (χ2v) is 5.72. The lowest BCUT2D eigenvalue weighted by Crippen LogP contribution is -2.31. The van der Waals surface area contributed by atoms with Crippen molar-refractivity contribution in [3.63, 3.8) is 0 Å². The third-order valence-electron chi connectivity index (χ3n) is 3.17. The fraction of sp³-hybridized carbons (Fsp3) is 0.538. The Labute approximate surface area is 107 Å². The summed E-state index contributed by atoms with van der Waals surface area (Å²) in [6.07, 6.45) is 1.05. The van der Waals surface area contributed by atoms with Crippen molar-refractivity contribution in [1.82, 2.24) is 10.6 Å². The van der Waals surface area contributed by atoms with Gasteiger partial charge in [-0.2, -0.15) is 0 Å². The highest BCUT2D eigenvalue weighted by Gasteiger charge is 2.29. The maximum absolute atomic E-state index is 13.5. The Hall–Kier alpha value is -0.640. The minimum absolute atomic E-state index is 0.171. The summed E-state index contributed by atoms with van der Waals surface area (Å²) in [5, 5.41) is 7.36. The Morgan fingerprint density at radius 3 is 2.94 bits per heavy atom. The lowest BCUT2D eigenvalue weighted by Gasteiger charge is -2.17. The van der Waals surface area contributed by atoms with Gasteiger partial charge in [0.05, 0.1) is 0 Å². The van der Waals surface area contributed by atoms with E-state index in [2.05, 4.69) is 24.5 Å². The van der Waals surface area contributed by atoms with Crippen LogP contribution in [0, 0.1) is 5.82 Å². The van der Waals surface area contributed by atoms with Crippen molar-refractivity contribution < 1.29 is 4.39 Å². The molecular weight excluding hydrogens is 239 g/mol. The molecule has 1 aliphatic rings. The Bertz CT molecular complexity index is 406. The van der Waals surface area contributed by atoms with Crippen LogP contribution in [0.5, 0.6) is 0 Å². The summed E-state index contributed by atoms with van der Waals surface area (Å²) < 4.78 is 13.5. The highest BCUT2D eigenvalue weighted by molar-refractivity contribution is 6.30. The molecule has 17 heavy (non-hydrogen) atoms. The van der Waals surface area contributed by atoms with Crippen LogP contribution in [0.25, 0.3) is 0 Å². The van der Waals surface area contributed by atoms with Crippen LogP contribution in [0.15, 0.2) is 18.2 Å². The van der Waals surface area contributed by atoms with Gasteiger partial charge in [0.15, 0.2) is 0 Å². The van der Waals surface area contributed by atoms with Crippen molar-refractivity contribution in [2.24, 2.45) is 0 Å². The average Bonchev–Trinajstić information content (AvgIpc) is 2.60. The molecule has 1 saturated heterocycles. The summed E-state index contributed by atoms with van der Waals surface area (Å²) in [6, 6.07) is 5.05. The molecule has 0 radical (unpaired) electrons. The minimum atomic E-state index is -0.202. The maximum Gasteiger partial charge on any atom is 0.127 e. The molecule has 1 heterocycles. The third-order valence-corrected chi connectivity index (χ3v) is 3.41. The van der Waals surface area contributed by atoms with E-state index in [1.165, 1.54) is 6.07 Å². The molecule has 1 fully saturated rings. The number of halogens is 2. The van der Waals surface area contributed by atoms with Crippen LogP contribution in [-0.2, 0) is 6.54 Å². The Balaban J connectivity index is 1.92. The van der Waals surface area contributed by atoms with E-state index >= 15 is 0 Å². The van der Waals surface area contributed by atoms with Gasteiger partial charge in [0.2, 0.25) is 0 Å². The summed E-state index contributed by atoms with van der Waals surface area (Å²) in [5.74, 6) is -0.202. The van der Waals surface area contributed by atoms with Crippen LogP contribution in [-0.4, -0.2) is 18.1 Å². The van der Waals surface area contributed by atoms with E-state index in [1.54, 1.807) is 12.1 Å². The van der Waals surface area contributed by atoms with Crippen molar-refractivity contribution in [3.05, 3.63) is 34.6 Å². The summed E-state index contributed by atoms with van der Waals surface area (Å²) in [7, 11) is 0. The van der Waals surface area contributed by atoms with E-state index < -0.39 is 0 Å². The SMILES string of the molecule is CC1(C)CC(NCc2cc(Cl)ccc2F)CN1. The fourth-order valence-corrected chi connectivity index (χ4v) is 2.43. The van der Waals surface area contributed by atoms with Crippen LogP contribution in [0.2, 0.25) is 5.02 Å². The summed E-state index contributed by atoms with van der Waals surface area (Å²) in [5.41, 5.74) is 0.798. The van der Waals surface area contributed by atoms with E-state index in [9.17, 15) is 4.39 Å². The zero-order chi connectivity index (χ0) is 12.5. The standard InChI is InChI=1S/C13H18ClFN2/c1-13(2)6-11(8-17-13)16-7-9-5-10(14)3-4-12(9)15/h3-5,11,16-17H,6-8H2,1-2H3. The largest absolute Gasteiger partial charge is 0.310 e. The van der Waals surface area contributed by atoms with Crippen LogP contribution in [0.3, 0.4) is 0 Å². The van der Waals surface area contributed by atoms with Gasteiger partial charge in [-0.3, -0.25) is 0 Å². The number of rotatable bonds is 3. The van der Waals surface area contributed by atoms with Gasteiger partial charge in [0.1, 0.15) is 5.82 Å². The molecule has 0 bridgehead atoms. The van der Waals surface area contributed by atoms with E-state index in [0.29, 0.717) is 23.2 Å². The average molecular weight is 257 g/mol. The predicted octanol–water partition coefficient (Wildman–Crippen LogP) is 2.71. The number of hydrogen-bond acceptors (Lipinski definition) is 2. The normalized spacial score (nSPS) is 22.9. The van der Waals surface area contributed by atoms with E-state index in [4.69, 9.17) is 11.6 Å². The molecule has 1 aliphatic heterocycles. The van der Waals surface area contributed by atoms with Gasteiger partial charge in [-0.05, 0) is 38.5 Å². The summed E-state index contributed by atoms with van der Waals surface area (Å²) in [6.45, 7) is 5.80. The molecule has 0 spiro atoms. The van der Waals surface area contributed by atoms with Crippen LogP contribution in [0.4, 0.5) is 4.39 Å². The molecule has 1 atom stereocenters. The van der Waals surface area contributed by atoms with Gasteiger partial charge in [-0.15, -0.1) is 0 Å². The van der Waals surface area contributed by atoms with Crippen molar-refractivity contribution in [3.8, 4) is 0 Å². The fourth-order valence-electron chi connectivity index (χ4n) is 2.24. The molecule has 0 amide bonds. The quantitative estimate of drug-likeness (QED) is 0.869. The van der Waals surface area contributed by atoms with Crippen LogP contribution >= 0.6 is 11.6 Å². The number of benzene rings is 1. The number of nitrogens with one attached hydrogen (secondary N) is 2. The Morgan fingerprint density at radius 2 is 2.29 bits per heavy atom. The molecule has 0 aromatic heterocycles. The smallest absolute Gasteiger partial charge is 0.127 e. The Kier molecular flexibility index (Phi) is 3.71. The third kappa shape index (κ3) is 3.41. The predicted molar refractivity (Wildman–Crippen MR) is 68.7 cm³/mol. The zero-order valence-corrected chi connectivity index (χ0v) is 10.9. The first-order valence-electron chi connectivity index (χ1n) is 5.89. The maximum atomic E-state index is 13.5. The van der Waals surface area contributed by atoms with Crippen LogP contribution < -0.4 is 10.6 Å². The number of hydrogen-bond donors (Lipinski definition) is 2. The molecular formula is C13H18ClFN2. The molecule has 2 N–H and O–H groups in total. The monoisotopic (exact) mass is 256 g/mol. The molecule has 1 unspecified atom stereocenters. The summed E-state index contributed by atoms with van der Waals surface area (Å²) >= 11 is 5.85. The van der Waals surface area contributed by atoms with E-state index in [0.717, 1.165) is 13.0 Å². The molecule has 4 heteroatoms. The van der Waals surface area contributed by atoms with E-state index in [1.807, 2.05) is 0 Å². The molecule has 2 nitrogen and oxygen atoms in total. The molecule has 1 aromatic rings. The van der Waals surface area contributed by atoms with Crippen molar-refractivity contribution in [2.75, 3.05) is 6.54 Å². The van der Waals surface area contributed by atoms with E-state index in [-0.39, 0.29) is 11.4 Å². The molecule has 1 aromatic carbocycles. The topological polar surface area (TPSA) is 24.1 Å². The van der Waals surface area contributed by atoms with Gasteiger partial charge in [0.25, 0.3) is 0 Å². The van der Waals surface area contributed by atoms with Gasteiger partial charge >= 0.3 is 0 Å². The first-order chi connectivity index (χ1) is 7.96. The highest BCUT2D eigenvalue weighted by Crippen LogP contribution is 2.19.